The fourth-order valence-electron chi connectivity index (χ4n) is 2.97. The Morgan fingerprint density at radius 2 is 2.18 bits per heavy atom. The molecule has 0 aromatic carbocycles. The van der Waals surface area contributed by atoms with Crippen LogP contribution in [-0.2, 0) is 9.47 Å². The molecule has 1 unspecified atom stereocenters. The van der Waals surface area contributed by atoms with Crippen molar-refractivity contribution < 1.29 is 9.47 Å². The molecule has 2 aliphatic rings. The van der Waals surface area contributed by atoms with Crippen LogP contribution in [-0.4, -0.2) is 74.0 Å². The highest BCUT2D eigenvalue weighted by atomic mass is 32.2. The Balaban J connectivity index is 2.02. The van der Waals surface area contributed by atoms with E-state index in [-0.39, 0.29) is 5.60 Å². The Labute approximate surface area is 139 Å². The standard InChI is InChI=1S/C16H31N3O2S/c1-4-14-12-19(8-11-22-14)15(17-5-2)18-13-16(20-3)6-9-21-10-7-16/h14H,4-13H2,1-3H3,(H,17,18). The van der Waals surface area contributed by atoms with Crippen LogP contribution in [0.5, 0.6) is 0 Å². The van der Waals surface area contributed by atoms with Gasteiger partial charge in [0.1, 0.15) is 0 Å². The van der Waals surface area contributed by atoms with Gasteiger partial charge in [-0.3, -0.25) is 4.99 Å². The van der Waals surface area contributed by atoms with Crippen molar-refractivity contribution in [1.82, 2.24) is 10.2 Å². The van der Waals surface area contributed by atoms with Crippen molar-refractivity contribution in [1.29, 1.82) is 0 Å². The number of nitrogens with zero attached hydrogens (tertiary/aromatic N) is 2. The Morgan fingerprint density at radius 1 is 1.41 bits per heavy atom. The summed E-state index contributed by atoms with van der Waals surface area (Å²) in [6.07, 6.45) is 3.08. The first kappa shape index (κ1) is 17.9. The summed E-state index contributed by atoms with van der Waals surface area (Å²) in [5.41, 5.74) is -0.145. The van der Waals surface area contributed by atoms with E-state index in [2.05, 4.69) is 35.8 Å². The molecule has 128 valence electrons. The largest absolute Gasteiger partial charge is 0.381 e. The van der Waals surface area contributed by atoms with Crippen LogP contribution in [0, 0.1) is 0 Å². The van der Waals surface area contributed by atoms with E-state index in [4.69, 9.17) is 14.5 Å². The molecule has 0 saturated carbocycles. The Bertz CT molecular complexity index is 359. The van der Waals surface area contributed by atoms with Crippen LogP contribution in [0.1, 0.15) is 33.1 Å². The monoisotopic (exact) mass is 329 g/mol. The second-order valence-corrected chi connectivity index (χ2v) is 7.42. The van der Waals surface area contributed by atoms with E-state index in [1.165, 1.54) is 12.2 Å². The van der Waals surface area contributed by atoms with E-state index in [0.29, 0.717) is 0 Å². The molecule has 2 rings (SSSR count). The number of rotatable bonds is 5. The van der Waals surface area contributed by atoms with Gasteiger partial charge >= 0.3 is 0 Å². The number of nitrogens with one attached hydrogen (secondary N) is 1. The third-order valence-corrected chi connectivity index (χ3v) is 5.95. The molecule has 0 aromatic heterocycles. The highest BCUT2D eigenvalue weighted by Gasteiger charge is 2.33. The number of ether oxygens (including phenoxy) is 2. The van der Waals surface area contributed by atoms with Gasteiger partial charge in [0.05, 0.1) is 12.1 Å². The second kappa shape index (κ2) is 8.99. The summed E-state index contributed by atoms with van der Waals surface area (Å²) >= 11 is 2.09. The first-order valence-electron chi connectivity index (χ1n) is 8.50. The van der Waals surface area contributed by atoms with Crippen molar-refractivity contribution in [2.45, 2.75) is 44.0 Å². The summed E-state index contributed by atoms with van der Waals surface area (Å²) in [4.78, 5) is 7.33. The van der Waals surface area contributed by atoms with Gasteiger partial charge in [-0.15, -0.1) is 0 Å². The van der Waals surface area contributed by atoms with Gasteiger partial charge in [-0.05, 0) is 13.3 Å². The fourth-order valence-corrected chi connectivity index (χ4v) is 4.15. The topological polar surface area (TPSA) is 46.1 Å². The SMILES string of the molecule is CCNC(=NCC1(OC)CCOCC1)N1CCSC(CC)C1. The van der Waals surface area contributed by atoms with E-state index in [1.54, 1.807) is 7.11 Å². The normalized spacial score (nSPS) is 26.0. The molecule has 6 heteroatoms. The van der Waals surface area contributed by atoms with Gasteiger partial charge in [0.25, 0.3) is 0 Å². The van der Waals surface area contributed by atoms with Crippen LogP contribution in [0.4, 0.5) is 0 Å². The zero-order chi connectivity index (χ0) is 15.8. The molecule has 1 N–H and O–H groups in total. The highest BCUT2D eigenvalue weighted by molar-refractivity contribution is 8.00. The fraction of sp³-hybridized carbons (Fsp3) is 0.938. The minimum absolute atomic E-state index is 0.145. The van der Waals surface area contributed by atoms with Crippen molar-refractivity contribution in [2.24, 2.45) is 4.99 Å². The lowest BCUT2D eigenvalue weighted by atomic mass is 9.94. The zero-order valence-electron chi connectivity index (χ0n) is 14.3. The summed E-state index contributed by atoms with van der Waals surface area (Å²) in [5.74, 6) is 2.23. The molecule has 2 saturated heterocycles. The van der Waals surface area contributed by atoms with E-state index >= 15 is 0 Å². The van der Waals surface area contributed by atoms with Crippen LogP contribution in [0.3, 0.4) is 0 Å². The van der Waals surface area contributed by atoms with E-state index in [9.17, 15) is 0 Å². The van der Waals surface area contributed by atoms with Crippen LogP contribution in [0.25, 0.3) is 0 Å². The van der Waals surface area contributed by atoms with Crippen molar-refractivity contribution in [2.75, 3.05) is 52.3 Å². The molecule has 22 heavy (non-hydrogen) atoms. The Hall–Kier alpha value is -0.460. The molecule has 0 radical (unpaired) electrons. The van der Waals surface area contributed by atoms with Gasteiger partial charge < -0.3 is 19.7 Å². The number of hydrogen-bond acceptors (Lipinski definition) is 4. The average molecular weight is 330 g/mol. The van der Waals surface area contributed by atoms with Crippen LogP contribution in [0.15, 0.2) is 4.99 Å². The summed E-state index contributed by atoms with van der Waals surface area (Å²) in [5, 5.41) is 4.18. The number of aliphatic imine (C=N–C) groups is 1. The predicted molar refractivity (Wildman–Crippen MR) is 93.9 cm³/mol. The second-order valence-electron chi connectivity index (χ2n) is 6.02. The number of hydrogen-bond donors (Lipinski definition) is 1. The van der Waals surface area contributed by atoms with Gasteiger partial charge in [0.2, 0.25) is 0 Å². The zero-order valence-corrected chi connectivity index (χ0v) is 15.1. The highest BCUT2D eigenvalue weighted by Crippen LogP contribution is 2.25. The maximum Gasteiger partial charge on any atom is 0.194 e. The molecule has 2 fully saturated rings. The van der Waals surface area contributed by atoms with Gasteiger partial charge in [0, 0.05) is 63.8 Å². The van der Waals surface area contributed by atoms with Gasteiger partial charge in [-0.1, -0.05) is 6.92 Å². The third-order valence-electron chi connectivity index (χ3n) is 4.58. The number of guanidine groups is 1. The molecular weight excluding hydrogens is 298 g/mol. The first-order chi connectivity index (χ1) is 10.7. The van der Waals surface area contributed by atoms with Crippen molar-refractivity contribution >= 4 is 17.7 Å². The quantitative estimate of drug-likeness (QED) is 0.617. The summed E-state index contributed by atoms with van der Waals surface area (Å²) in [6.45, 7) is 9.75. The molecule has 0 bridgehead atoms. The van der Waals surface area contributed by atoms with Gasteiger partial charge in [-0.25, -0.2) is 0 Å². The van der Waals surface area contributed by atoms with Crippen molar-refractivity contribution in [3.8, 4) is 0 Å². The Morgan fingerprint density at radius 3 is 2.82 bits per heavy atom. The lowest BCUT2D eigenvalue weighted by molar-refractivity contribution is -0.0829. The molecule has 2 aliphatic heterocycles. The minimum atomic E-state index is -0.145. The van der Waals surface area contributed by atoms with Crippen LogP contribution in [0.2, 0.25) is 0 Å². The molecule has 5 nitrogen and oxygen atoms in total. The van der Waals surface area contributed by atoms with E-state index in [0.717, 1.165) is 63.4 Å². The number of methoxy groups -OCH3 is 1. The maximum atomic E-state index is 5.80. The molecular formula is C16H31N3O2S. The maximum absolute atomic E-state index is 5.80. The average Bonchev–Trinajstić information content (AvgIpc) is 2.59. The Kier molecular flexibility index (Phi) is 7.31. The number of thioether (sulfide) groups is 1. The molecule has 0 aromatic rings. The van der Waals surface area contributed by atoms with E-state index < -0.39 is 0 Å². The molecule has 0 aliphatic carbocycles. The first-order valence-corrected chi connectivity index (χ1v) is 9.55. The smallest absolute Gasteiger partial charge is 0.194 e. The molecule has 1 atom stereocenters. The lowest BCUT2D eigenvalue weighted by Crippen LogP contribution is -2.49. The molecule has 2 heterocycles. The third kappa shape index (κ3) is 4.77. The molecule has 0 spiro atoms. The van der Waals surface area contributed by atoms with Crippen molar-refractivity contribution in [3.63, 3.8) is 0 Å². The van der Waals surface area contributed by atoms with Crippen LogP contribution >= 0.6 is 11.8 Å². The van der Waals surface area contributed by atoms with Gasteiger partial charge in [0.15, 0.2) is 5.96 Å². The predicted octanol–water partition coefficient (Wildman–Crippen LogP) is 1.97. The summed E-state index contributed by atoms with van der Waals surface area (Å²) in [6, 6.07) is 0. The van der Waals surface area contributed by atoms with E-state index in [1.807, 2.05) is 0 Å². The summed E-state index contributed by atoms with van der Waals surface area (Å²) in [7, 11) is 1.80. The lowest BCUT2D eigenvalue weighted by Gasteiger charge is -2.37. The molecule has 0 amide bonds. The van der Waals surface area contributed by atoms with Crippen molar-refractivity contribution in [3.05, 3.63) is 0 Å². The van der Waals surface area contributed by atoms with Gasteiger partial charge in [-0.2, -0.15) is 11.8 Å². The minimum Gasteiger partial charge on any atom is -0.381 e. The summed E-state index contributed by atoms with van der Waals surface area (Å²) < 4.78 is 11.3. The van der Waals surface area contributed by atoms with Crippen LogP contribution < -0.4 is 5.32 Å².